The average Bonchev–Trinajstić information content (AvgIpc) is 2.17. The van der Waals surface area contributed by atoms with Crippen molar-refractivity contribution in [1.29, 1.82) is 0 Å². The molecule has 0 spiro atoms. The van der Waals surface area contributed by atoms with Crippen molar-refractivity contribution in [3.63, 3.8) is 0 Å². The van der Waals surface area contributed by atoms with Gasteiger partial charge in [-0.25, -0.2) is 8.42 Å². The number of carbonyl (C=O) groups is 1. The zero-order valence-electron chi connectivity index (χ0n) is 8.46. The van der Waals surface area contributed by atoms with Crippen LogP contribution in [0.4, 0.5) is 13.2 Å². The molecule has 0 radical (unpaired) electrons. The van der Waals surface area contributed by atoms with E-state index in [0.29, 0.717) is 0 Å². The molecular formula is C9H5BrClF3O3S. The second-order valence-electron chi connectivity index (χ2n) is 3.29. The van der Waals surface area contributed by atoms with Crippen molar-refractivity contribution >= 4 is 41.4 Å². The minimum absolute atomic E-state index is 0.0291. The second-order valence-corrected chi connectivity index (χ2v) is 6.71. The number of ketones is 1. The van der Waals surface area contributed by atoms with Crippen LogP contribution in [-0.2, 0) is 20.3 Å². The zero-order valence-corrected chi connectivity index (χ0v) is 11.6. The van der Waals surface area contributed by atoms with Crippen LogP contribution in [-0.4, -0.2) is 20.4 Å². The Balaban J connectivity index is 3.05. The topological polar surface area (TPSA) is 51.2 Å². The predicted molar refractivity (Wildman–Crippen MR) is 61.9 cm³/mol. The lowest BCUT2D eigenvalue weighted by Gasteiger charge is -2.07. The summed E-state index contributed by atoms with van der Waals surface area (Å²) in [7, 11) is 1.10. The number of benzene rings is 1. The van der Waals surface area contributed by atoms with E-state index in [0.717, 1.165) is 18.2 Å². The normalized spacial score (nSPS) is 12.5. The maximum Gasteiger partial charge on any atom is 0.450 e. The Labute approximate surface area is 113 Å². The number of hydrogen-bond donors (Lipinski definition) is 0. The fourth-order valence-corrected chi connectivity index (χ4v) is 2.54. The van der Waals surface area contributed by atoms with Crippen molar-refractivity contribution in [3.05, 3.63) is 28.2 Å². The van der Waals surface area contributed by atoms with Crippen molar-refractivity contribution in [3.8, 4) is 0 Å². The summed E-state index contributed by atoms with van der Waals surface area (Å²) in [5, 5.41) is 0. The largest absolute Gasteiger partial charge is 0.450 e. The molecule has 0 fully saturated rings. The van der Waals surface area contributed by atoms with Gasteiger partial charge in [-0.15, -0.1) is 0 Å². The molecule has 0 unspecified atom stereocenters. The lowest BCUT2D eigenvalue weighted by molar-refractivity contribution is -0.170. The number of Topliss-reactive ketones (excluding diaryl/α,β-unsaturated/α-hetero) is 1. The molecular weight excluding hydrogens is 361 g/mol. The molecule has 0 aliphatic rings. The van der Waals surface area contributed by atoms with Gasteiger partial charge in [-0.3, -0.25) is 4.79 Å². The van der Waals surface area contributed by atoms with E-state index in [9.17, 15) is 26.4 Å². The van der Waals surface area contributed by atoms with E-state index in [4.69, 9.17) is 10.7 Å². The fourth-order valence-electron chi connectivity index (χ4n) is 1.10. The van der Waals surface area contributed by atoms with Crippen LogP contribution in [0.25, 0.3) is 0 Å². The third kappa shape index (κ3) is 3.96. The van der Waals surface area contributed by atoms with Gasteiger partial charge < -0.3 is 0 Å². The van der Waals surface area contributed by atoms with Crippen molar-refractivity contribution in [2.75, 3.05) is 0 Å². The summed E-state index contributed by atoms with van der Waals surface area (Å²) in [5.41, 5.74) is 0.0291. The van der Waals surface area contributed by atoms with Gasteiger partial charge in [0, 0.05) is 21.6 Å². The van der Waals surface area contributed by atoms with E-state index in [1.54, 1.807) is 0 Å². The lowest BCUT2D eigenvalue weighted by atomic mass is 10.1. The van der Waals surface area contributed by atoms with Crippen molar-refractivity contribution in [1.82, 2.24) is 0 Å². The van der Waals surface area contributed by atoms with Crippen LogP contribution in [0, 0.1) is 0 Å². The van der Waals surface area contributed by atoms with Crippen LogP contribution in [0.2, 0.25) is 0 Å². The third-order valence-corrected chi connectivity index (χ3v) is 4.06. The maximum absolute atomic E-state index is 12.1. The van der Waals surface area contributed by atoms with Gasteiger partial charge in [0.1, 0.15) is 0 Å². The van der Waals surface area contributed by atoms with Gasteiger partial charge in [0.15, 0.2) is 0 Å². The molecule has 1 aromatic carbocycles. The molecule has 0 aliphatic carbocycles. The molecule has 0 heterocycles. The van der Waals surface area contributed by atoms with Gasteiger partial charge in [0.05, 0.1) is 4.90 Å². The third-order valence-electron chi connectivity index (χ3n) is 1.97. The average molecular weight is 366 g/mol. The Hall–Kier alpha value is -0.600. The fraction of sp³-hybridized carbons (Fsp3) is 0.222. The first-order valence-corrected chi connectivity index (χ1v) is 7.45. The van der Waals surface area contributed by atoms with E-state index in [-0.39, 0.29) is 14.9 Å². The first kappa shape index (κ1) is 15.5. The summed E-state index contributed by atoms with van der Waals surface area (Å²) in [6.45, 7) is 0. The maximum atomic E-state index is 12.1. The standard InChI is InChI=1S/C9H5BrClF3O3S/c10-7-4-6(18(11,16)17)2-1-5(7)3-8(15)9(12,13)14/h1-2,4H,3H2. The van der Waals surface area contributed by atoms with Crippen molar-refractivity contribution < 1.29 is 26.4 Å². The number of carbonyl (C=O) groups excluding carboxylic acids is 1. The molecule has 9 heteroatoms. The molecule has 18 heavy (non-hydrogen) atoms. The molecule has 0 aromatic heterocycles. The molecule has 0 saturated carbocycles. The molecule has 1 rings (SSSR count). The summed E-state index contributed by atoms with van der Waals surface area (Å²) in [5.74, 6) is -1.91. The van der Waals surface area contributed by atoms with Crippen LogP contribution in [0.5, 0.6) is 0 Å². The van der Waals surface area contributed by atoms with Gasteiger partial charge >= 0.3 is 6.18 Å². The number of hydrogen-bond acceptors (Lipinski definition) is 3. The molecule has 3 nitrogen and oxygen atoms in total. The molecule has 1 aromatic rings. The predicted octanol–water partition coefficient (Wildman–Crippen LogP) is 3.05. The molecule has 0 atom stereocenters. The smallest absolute Gasteiger partial charge is 0.289 e. The van der Waals surface area contributed by atoms with Crippen LogP contribution in [0.3, 0.4) is 0 Å². The minimum atomic E-state index is -4.92. The van der Waals surface area contributed by atoms with E-state index < -0.39 is 27.4 Å². The highest BCUT2D eigenvalue weighted by Gasteiger charge is 2.38. The zero-order chi connectivity index (χ0) is 14.1. The highest BCUT2D eigenvalue weighted by atomic mass is 79.9. The SMILES string of the molecule is O=C(Cc1ccc(S(=O)(=O)Cl)cc1Br)C(F)(F)F. The summed E-state index contributed by atoms with van der Waals surface area (Å²) in [4.78, 5) is 10.5. The molecule has 0 bridgehead atoms. The molecule has 0 saturated heterocycles. The first-order valence-electron chi connectivity index (χ1n) is 4.35. The quantitative estimate of drug-likeness (QED) is 0.774. The molecule has 0 N–H and O–H groups in total. The van der Waals surface area contributed by atoms with Crippen molar-refractivity contribution in [2.45, 2.75) is 17.5 Å². The van der Waals surface area contributed by atoms with Gasteiger partial charge in [0.2, 0.25) is 5.78 Å². The number of rotatable bonds is 3. The van der Waals surface area contributed by atoms with E-state index in [1.165, 1.54) is 0 Å². The number of halogens is 5. The van der Waals surface area contributed by atoms with Crippen LogP contribution in [0.15, 0.2) is 27.6 Å². The lowest BCUT2D eigenvalue weighted by Crippen LogP contribution is -2.24. The van der Waals surface area contributed by atoms with Gasteiger partial charge in [0.25, 0.3) is 9.05 Å². The highest BCUT2D eigenvalue weighted by molar-refractivity contribution is 9.10. The first-order chi connectivity index (χ1) is 8.01. The van der Waals surface area contributed by atoms with Crippen molar-refractivity contribution in [2.24, 2.45) is 0 Å². The van der Waals surface area contributed by atoms with E-state index in [1.807, 2.05) is 0 Å². The Morgan fingerprint density at radius 3 is 2.28 bits per heavy atom. The van der Waals surface area contributed by atoms with Gasteiger partial charge in [-0.1, -0.05) is 22.0 Å². The van der Waals surface area contributed by atoms with Crippen LogP contribution in [0.1, 0.15) is 5.56 Å². The molecule has 0 amide bonds. The van der Waals surface area contributed by atoms with E-state index >= 15 is 0 Å². The molecule has 100 valence electrons. The molecule has 0 aliphatic heterocycles. The summed E-state index contributed by atoms with van der Waals surface area (Å²) in [6, 6.07) is 3.18. The van der Waals surface area contributed by atoms with Gasteiger partial charge in [-0.2, -0.15) is 13.2 Å². The summed E-state index contributed by atoms with van der Waals surface area (Å²) >= 11 is 2.89. The van der Waals surface area contributed by atoms with E-state index in [2.05, 4.69) is 15.9 Å². The Morgan fingerprint density at radius 1 is 1.33 bits per heavy atom. The van der Waals surface area contributed by atoms with Crippen LogP contribution >= 0.6 is 26.6 Å². The minimum Gasteiger partial charge on any atom is -0.289 e. The second kappa shape index (κ2) is 5.18. The number of alkyl halides is 3. The Kier molecular flexibility index (Phi) is 4.45. The van der Waals surface area contributed by atoms with Gasteiger partial charge in [-0.05, 0) is 17.7 Å². The Bertz CT molecular complexity index is 583. The monoisotopic (exact) mass is 364 g/mol. The van der Waals surface area contributed by atoms with Crippen LogP contribution < -0.4 is 0 Å². The Morgan fingerprint density at radius 2 is 1.89 bits per heavy atom. The summed E-state index contributed by atoms with van der Waals surface area (Å²) in [6.07, 6.45) is -5.79. The highest BCUT2D eigenvalue weighted by Crippen LogP contribution is 2.26. The summed E-state index contributed by atoms with van der Waals surface area (Å²) < 4.78 is 58.2.